The molecule has 0 heterocycles. The Kier molecular flexibility index (Phi) is 5.13. The summed E-state index contributed by atoms with van der Waals surface area (Å²) in [5.41, 5.74) is 0. The number of hydrogen-bond acceptors (Lipinski definition) is 3. The first-order valence-corrected chi connectivity index (χ1v) is 8.50. The van der Waals surface area contributed by atoms with Crippen LogP contribution in [0.4, 0.5) is 0 Å². The smallest absolute Gasteiger partial charge is 0.326 e. The van der Waals surface area contributed by atoms with Gasteiger partial charge in [-0.3, -0.25) is 4.79 Å². The van der Waals surface area contributed by atoms with Gasteiger partial charge in [0, 0.05) is 6.42 Å². The van der Waals surface area contributed by atoms with E-state index in [-0.39, 0.29) is 5.91 Å². The standard InChI is InChI=1S/C14H23NO3S/c1-19-5-4-12(14(17)18)15-13(16)8-11-7-9-2-3-10(11)6-9/h9-12H,2-8H2,1H3,(H,15,16)(H,17,18)/t9?,10?,11?,12-/m1/s1. The van der Waals surface area contributed by atoms with Crippen LogP contribution in [0.25, 0.3) is 0 Å². The number of nitrogens with one attached hydrogen (secondary N) is 1. The molecule has 2 aliphatic carbocycles. The first-order valence-electron chi connectivity index (χ1n) is 7.11. The third-order valence-electron chi connectivity index (χ3n) is 4.58. The highest BCUT2D eigenvalue weighted by molar-refractivity contribution is 7.98. The highest BCUT2D eigenvalue weighted by Gasteiger charge is 2.40. The zero-order valence-corrected chi connectivity index (χ0v) is 12.2. The van der Waals surface area contributed by atoms with Crippen molar-refractivity contribution in [3.8, 4) is 0 Å². The van der Waals surface area contributed by atoms with Crippen LogP contribution in [0.15, 0.2) is 0 Å². The summed E-state index contributed by atoms with van der Waals surface area (Å²) in [4.78, 5) is 23.1. The fourth-order valence-corrected chi connectivity index (χ4v) is 4.08. The Labute approximate surface area is 118 Å². The Balaban J connectivity index is 1.77. The van der Waals surface area contributed by atoms with E-state index in [2.05, 4.69) is 5.32 Å². The van der Waals surface area contributed by atoms with Crippen molar-refractivity contribution in [2.75, 3.05) is 12.0 Å². The highest BCUT2D eigenvalue weighted by atomic mass is 32.2. The van der Waals surface area contributed by atoms with Crippen molar-refractivity contribution in [3.05, 3.63) is 0 Å². The third kappa shape index (κ3) is 3.88. The summed E-state index contributed by atoms with van der Waals surface area (Å²) in [5, 5.41) is 11.8. The molecule has 4 atom stereocenters. The number of thioether (sulfide) groups is 1. The van der Waals surface area contributed by atoms with Gasteiger partial charge in [0.1, 0.15) is 6.04 Å². The molecule has 2 bridgehead atoms. The van der Waals surface area contributed by atoms with Crippen molar-refractivity contribution < 1.29 is 14.7 Å². The molecule has 0 aromatic rings. The lowest BCUT2D eigenvalue weighted by molar-refractivity contribution is -0.142. The number of amides is 1. The van der Waals surface area contributed by atoms with E-state index in [9.17, 15) is 9.59 Å². The lowest BCUT2D eigenvalue weighted by atomic mass is 9.86. The number of aliphatic carboxylic acids is 1. The van der Waals surface area contributed by atoms with Gasteiger partial charge >= 0.3 is 5.97 Å². The van der Waals surface area contributed by atoms with Crippen molar-refractivity contribution in [2.45, 2.75) is 44.6 Å². The van der Waals surface area contributed by atoms with E-state index < -0.39 is 12.0 Å². The average Bonchev–Trinajstić information content (AvgIpc) is 2.96. The number of carboxylic acids is 1. The van der Waals surface area contributed by atoms with Gasteiger partial charge < -0.3 is 10.4 Å². The van der Waals surface area contributed by atoms with Gasteiger partial charge in [0.2, 0.25) is 5.91 Å². The Bertz CT molecular complexity index is 348. The molecule has 2 aliphatic rings. The fraction of sp³-hybridized carbons (Fsp3) is 0.857. The number of carboxylic acid groups (broad SMARTS) is 1. The van der Waals surface area contributed by atoms with Crippen LogP contribution in [0.3, 0.4) is 0 Å². The monoisotopic (exact) mass is 285 g/mol. The normalized spacial score (nSPS) is 30.3. The molecule has 2 N–H and O–H groups in total. The van der Waals surface area contributed by atoms with E-state index in [1.807, 2.05) is 6.26 Å². The van der Waals surface area contributed by atoms with E-state index >= 15 is 0 Å². The second kappa shape index (κ2) is 6.64. The van der Waals surface area contributed by atoms with Gasteiger partial charge in [-0.05, 0) is 55.4 Å². The Morgan fingerprint density at radius 2 is 2.16 bits per heavy atom. The summed E-state index contributed by atoms with van der Waals surface area (Å²) in [5.74, 6) is 1.79. The number of carbonyl (C=O) groups is 2. The molecule has 2 rings (SSSR count). The van der Waals surface area contributed by atoms with Crippen molar-refractivity contribution in [3.63, 3.8) is 0 Å². The Morgan fingerprint density at radius 1 is 1.37 bits per heavy atom. The Morgan fingerprint density at radius 3 is 2.68 bits per heavy atom. The summed E-state index contributed by atoms with van der Waals surface area (Å²) < 4.78 is 0. The number of rotatable bonds is 7. The highest BCUT2D eigenvalue weighted by Crippen LogP contribution is 2.49. The summed E-state index contributed by atoms with van der Waals surface area (Å²) in [6, 6.07) is -0.724. The fourth-order valence-electron chi connectivity index (χ4n) is 3.61. The molecule has 0 aromatic heterocycles. The van der Waals surface area contributed by atoms with Crippen molar-refractivity contribution in [1.82, 2.24) is 5.32 Å². The molecular weight excluding hydrogens is 262 g/mol. The predicted molar refractivity (Wildman–Crippen MR) is 76.1 cm³/mol. The quantitative estimate of drug-likeness (QED) is 0.752. The van der Waals surface area contributed by atoms with Crippen LogP contribution >= 0.6 is 11.8 Å². The Hall–Kier alpha value is -0.710. The predicted octanol–water partition coefficient (Wildman–Crippen LogP) is 2.14. The van der Waals surface area contributed by atoms with Crippen molar-refractivity contribution in [2.24, 2.45) is 17.8 Å². The second-order valence-electron chi connectivity index (χ2n) is 5.88. The molecule has 2 fully saturated rings. The van der Waals surface area contributed by atoms with Gasteiger partial charge in [-0.2, -0.15) is 11.8 Å². The molecule has 3 unspecified atom stereocenters. The first kappa shape index (κ1) is 14.7. The summed E-state index contributed by atoms with van der Waals surface area (Å²) in [7, 11) is 0. The van der Waals surface area contributed by atoms with E-state index in [0.717, 1.165) is 11.7 Å². The van der Waals surface area contributed by atoms with Crippen LogP contribution in [0.2, 0.25) is 0 Å². The zero-order valence-electron chi connectivity index (χ0n) is 11.4. The topological polar surface area (TPSA) is 66.4 Å². The van der Waals surface area contributed by atoms with Crippen LogP contribution in [-0.2, 0) is 9.59 Å². The van der Waals surface area contributed by atoms with E-state index in [4.69, 9.17) is 5.11 Å². The average molecular weight is 285 g/mol. The number of fused-ring (bicyclic) bond motifs is 2. The molecule has 0 spiro atoms. The molecule has 0 radical (unpaired) electrons. The molecule has 0 saturated heterocycles. The van der Waals surface area contributed by atoms with Crippen LogP contribution < -0.4 is 5.32 Å². The molecule has 5 heteroatoms. The maximum atomic E-state index is 12.0. The number of hydrogen-bond donors (Lipinski definition) is 2. The molecule has 2 saturated carbocycles. The molecule has 0 aromatic carbocycles. The SMILES string of the molecule is CSCC[C@@H](NC(=O)CC1CC2CCC1C2)C(=O)O. The van der Waals surface area contributed by atoms with Crippen LogP contribution in [0, 0.1) is 17.8 Å². The molecule has 19 heavy (non-hydrogen) atoms. The lowest BCUT2D eigenvalue weighted by Gasteiger charge is -2.22. The van der Waals surface area contributed by atoms with Gasteiger partial charge in [0.05, 0.1) is 0 Å². The molecule has 1 amide bonds. The van der Waals surface area contributed by atoms with Crippen molar-refractivity contribution in [1.29, 1.82) is 0 Å². The van der Waals surface area contributed by atoms with Crippen LogP contribution in [0.1, 0.15) is 38.5 Å². The van der Waals surface area contributed by atoms with Gasteiger partial charge in [0.15, 0.2) is 0 Å². The molecular formula is C14H23NO3S. The molecule has 108 valence electrons. The van der Waals surface area contributed by atoms with E-state index in [1.165, 1.54) is 25.7 Å². The lowest BCUT2D eigenvalue weighted by Crippen LogP contribution is -2.42. The molecule has 0 aliphatic heterocycles. The minimum absolute atomic E-state index is 0.0777. The minimum Gasteiger partial charge on any atom is -0.480 e. The summed E-state index contributed by atoms with van der Waals surface area (Å²) in [6.07, 6.45) is 8.00. The van der Waals surface area contributed by atoms with Gasteiger partial charge in [-0.25, -0.2) is 4.79 Å². The zero-order chi connectivity index (χ0) is 13.8. The van der Waals surface area contributed by atoms with E-state index in [0.29, 0.717) is 24.7 Å². The largest absolute Gasteiger partial charge is 0.480 e. The van der Waals surface area contributed by atoms with Crippen molar-refractivity contribution >= 4 is 23.6 Å². The minimum atomic E-state index is -0.921. The maximum absolute atomic E-state index is 12.0. The number of carbonyl (C=O) groups excluding carboxylic acids is 1. The summed E-state index contributed by atoms with van der Waals surface area (Å²) in [6.45, 7) is 0. The van der Waals surface area contributed by atoms with Gasteiger partial charge in [-0.1, -0.05) is 6.42 Å². The first-order chi connectivity index (χ1) is 9.10. The molecule has 4 nitrogen and oxygen atoms in total. The van der Waals surface area contributed by atoms with Gasteiger partial charge in [-0.15, -0.1) is 0 Å². The van der Waals surface area contributed by atoms with E-state index in [1.54, 1.807) is 11.8 Å². The third-order valence-corrected chi connectivity index (χ3v) is 5.22. The second-order valence-corrected chi connectivity index (χ2v) is 6.86. The maximum Gasteiger partial charge on any atom is 0.326 e. The summed E-state index contributed by atoms with van der Waals surface area (Å²) >= 11 is 1.60. The van der Waals surface area contributed by atoms with Crippen LogP contribution in [-0.4, -0.2) is 35.0 Å². The van der Waals surface area contributed by atoms with Crippen LogP contribution in [0.5, 0.6) is 0 Å². The van der Waals surface area contributed by atoms with Gasteiger partial charge in [0.25, 0.3) is 0 Å².